The molecule has 1 aliphatic rings. The molecule has 0 saturated carbocycles. The number of hydrogen-bond acceptors (Lipinski definition) is 4. The van der Waals surface area contributed by atoms with E-state index in [4.69, 9.17) is 9.16 Å². The minimum absolute atomic E-state index is 0.0776. The molecule has 1 rings (SSSR count). The summed E-state index contributed by atoms with van der Waals surface area (Å²) in [5.41, 5.74) is -1.45. The van der Waals surface area contributed by atoms with E-state index in [1.165, 1.54) is 0 Å². The Balaban J connectivity index is 2.70. The van der Waals surface area contributed by atoms with Crippen LogP contribution in [-0.2, 0) is 18.8 Å². The van der Waals surface area contributed by atoms with E-state index in [1.54, 1.807) is 13.8 Å². The van der Waals surface area contributed by atoms with Gasteiger partial charge in [0.25, 0.3) is 0 Å². The molecule has 0 saturated heterocycles. The number of ether oxygens (including phenoxy) is 1. The molecule has 0 aromatic heterocycles. The molecule has 0 heterocycles. The quantitative estimate of drug-likeness (QED) is 0.321. The van der Waals surface area contributed by atoms with Gasteiger partial charge in [-0.25, -0.2) is 0 Å². The van der Waals surface area contributed by atoms with Gasteiger partial charge in [0.1, 0.15) is 6.10 Å². The number of hydrogen-bond donors (Lipinski definition) is 1. The van der Waals surface area contributed by atoms with Gasteiger partial charge in [0, 0.05) is 6.42 Å². The Kier molecular flexibility index (Phi) is 6.44. The Bertz CT molecular complexity index is 500. The molecule has 0 aromatic rings. The zero-order valence-electron chi connectivity index (χ0n) is 16.0. The van der Waals surface area contributed by atoms with Gasteiger partial charge >= 0.3 is 11.9 Å². The Morgan fingerprint density at radius 3 is 2.04 bits per heavy atom. The first-order valence-electron chi connectivity index (χ1n) is 8.70. The van der Waals surface area contributed by atoms with Crippen molar-refractivity contribution >= 4 is 20.3 Å². The summed E-state index contributed by atoms with van der Waals surface area (Å²) < 4.78 is 11.8. The van der Waals surface area contributed by atoms with E-state index >= 15 is 0 Å². The van der Waals surface area contributed by atoms with Crippen LogP contribution in [0.2, 0.25) is 18.1 Å². The highest BCUT2D eigenvalue weighted by atomic mass is 28.4. The first-order valence-corrected chi connectivity index (χ1v) is 11.6. The van der Waals surface area contributed by atoms with Crippen molar-refractivity contribution in [1.29, 1.82) is 0 Å². The summed E-state index contributed by atoms with van der Waals surface area (Å²) in [6, 6.07) is 0. The van der Waals surface area contributed by atoms with Crippen LogP contribution in [0.5, 0.6) is 0 Å². The Morgan fingerprint density at radius 2 is 1.62 bits per heavy atom. The topological polar surface area (TPSA) is 72.8 Å². The van der Waals surface area contributed by atoms with Crippen LogP contribution in [-0.4, -0.2) is 37.6 Å². The molecule has 24 heavy (non-hydrogen) atoms. The minimum Gasteiger partial charge on any atom is -0.480 e. The standard InChI is InChI=1S/C18H32O5Si/c1-8-18(9-2,15(19)20)16(21)22-13-10-11-14(12-13)23-24(6,7)17(3,4)5/h10-11,13-14H,8-9,12H2,1-7H3,(H,19,20). The summed E-state index contributed by atoms with van der Waals surface area (Å²) >= 11 is 0. The van der Waals surface area contributed by atoms with Crippen molar-refractivity contribution in [2.75, 3.05) is 0 Å². The van der Waals surface area contributed by atoms with Crippen LogP contribution in [0.15, 0.2) is 12.2 Å². The first kappa shape index (κ1) is 20.9. The van der Waals surface area contributed by atoms with Crippen LogP contribution in [0.4, 0.5) is 0 Å². The molecule has 2 atom stereocenters. The lowest BCUT2D eigenvalue weighted by Crippen LogP contribution is -2.44. The van der Waals surface area contributed by atoms with Crippen LogP contribution < -0.4 is 0 Å². The molecule has 0 aromatic carbocycles. The maximum absolute atomic E-state index is 12.4. The number of rotatable bonds is 7. The number of carboxylic acids is 1. The van der Waals surface area contributed by atoms with Crippen molar-refractivity contribution in [2.24, 2.45) is 5.41 Å². The number of carbonyl (C=O) groups excluding carboxylic acids is 1. The fourth-order valence-corrected chi connectivity index (χ4v) is 3.83. The third-order valence-corrected chi connectivity index (χ3v) is 10.0. The largest absolute Gasteiger partial charge is 0.480 e. The van der Waals surface area contributed by atoms with Crippen molar-refractivity contribution in [1.82, 2.24) is 0 Å². The van der Waals surface area contributed by atoms with Crippen molar-refractivity contribution in [3.8, 4) is 0 Å². The lowest BCUT2D eigenvalue weighted by molar-refractivity contribution is -0.172. The van der Waals surface area contributed by atoms with Crippen molar-refractivity contribution < 1.29 is 23.9 Å². The normalized spacial score (nSPS) is 21.8. The van der Waals surface area contributed by atoms with Crippen LogP contribution >= 0.6 is 0 Å². The number of carboxylic acid groups (broad SMARTS) is 1. The van der Waals surface area contributed by atoms with Gasteiger partial charge in [-0.2, -0.15) is 0 Å². The zero-order valence-corrected chi connectivity index (χ0v) is 17.0. The summed E-state index contributed by atoms with van der Waals surface area (Å²) in [6.07, 6.45) is 4.25. The van der Waals surface area contributed by atoms with Crippen LogP contribution in [0.3, 0.4) is 0 Å². The summed E-state index contributed by atoms with van der Waals surface area (Å²) in [4.78, 5) is 23.9. The fourth-order valence-electron chi connectivity index (χ4n) is 2.54. The minimum atomic E-state index is -1.89. The highest BCUT2D eigenvalue weighted by Gasteiger charge is 2.46. The van der Waals surface area contributed by atoms with Gasteiger partial charge in [0.05, 0.1) is 6.10 Å². The molecule has 6 heteroatoms. The molecule has 138 valence electrons. The first-order chi connectivity index (χ1) is 10.9. The highest BCUT2D eigenvalue weighted by Crippen LogP contribution is 2.39. The van der Waals surface area contributed by atoms with E-state index in [-0.39, 0.29) is 24.0 Å². The second-order valence-electron chi connectivity index (χ2n) is 8.08. The van der Waals surface area contributed by atoms with E-state index in [1.807, 2.05) is 12.2 Å². The van der Waals surface area contributed by atoms with Crippen molar-refractivity contribution in [3.63, 3.8) is 0 Å². The highest BCUT2D eigenvalue weighted by molar-refractivity contribution is 6.74. The molecule has 0 fully saturated rings. The van der Waals surface area contributed by atoms with E-state index < -0.39 is 31.8 Å². The average Bonchev–Trinajstić information content (AvgIpc) is 2.85. The van der Waals surface area contributed by atoms with Gasteiger partial charge in [-0.3, -0.25) is 9.59 Å². The summed E-state index contributed by atoms with van der Waals surface area (Å²) in [6.45, 7) is 14.3. The molecular weight excluding hydrogens is 324 g/mol. The Hall–Kier alpha value is -1.14. The Labute approximate surface area is 146 Å². The van der Waals surface area contributed by atoms with Gasteiger partial charge in [0.2, 0.25) is 0 Å². The molecule has 2 unspecified atom stereocenters. The third-order valence-electron chi connectivity index (χ3n) is 5.52. The zero-order chi connectivity index (χ0) is 18.8. The number of carbonyl (C=O) groups is 2. The van der Waals surface area contributed by atoms with Gasteiger partial charge < -0.3 is 14.3 Å². The SMILES string of the molecule is CCC(CC)(C(=O)O)C(=O)OC1C=CC(O[Si](C)(C)C(C)(C)C)C1. The Morgan fingerprint density at radius 1 is 1.12 bits per heavy atom. The van der Waals surface area contributed by atoms with Gasteiger partial charge in [0.15, 0.2) is 13.7 Å². The van der Waals surface area contributed by atoms with Crippen LogP contribution in [0.1, 0.15) is 53.9 Å². The summed E-state index contributed by atoms with van der Waals surface area (Å²) in [5, 5.41) is 9.53. The van der Waals surface area contributed by atoms with Crippen LogP contribution in [0.25, 0.3) is 0 Å². The fraction of sp³-hybridized carbons (Fsp3) is 0.778. The van der Waals surface area contributed by atoms with Crippen molar-refractivity contribution in [3.05, 3.63) is 12.2 Å². The average molecular weight is 357 g/mol. The van der Waals surface area contributed by atoms with E-state index in [9.17, 15) is 14.7 Å². The lowest BCUT2D eigenvalue weighted by atomic mass is 9.82. The number of aliphatic carboxylic acids is 1. The van der Waals surface area contributed by atoms with Gasteiger partial charge in [-0.1, -0.05) is 40.7 Å². The molecule has 0 spiro atoms. The molecule has 0 radical (unpaired) electrons. The lowest BCUT2D eigenvalue weighted by Gasteiger charge is -2.38. The van der Waals surface area contributed by atoms with Crippen molar-refractivity contribution in [2.45, 2.75) is 84.2 Å². The third kappa shape index (κ3) is 4.28. The maximum atomic E-state index is 12.4. The van der Waals surface area contributed by atoms with Crippen LogP contribution in [0, 0.1) is 5.41 Å². The van der Waals surface area contributed by atoms with E-state index in [2.05, 4.69) is 33.9 Å². The second kappa shape index (κ2) is 7.40. The smallest absolute Gasteiger partial charge is 0.324 e. The number of esters is 1. The van der Waals surface area contributed by atoms with Gasteiger partial charge in [-0.15, -0.1) is 0 Å². The summed E-state index contributed by atoms with van der Waals surface area (Å²) in [7, 11) is -1.89. The molecule has 0 amide bonds. The van der Waals surface area contributed by atoms with Gasteiger partial charge in [-0.05, 0) is 37.0 Å². The molecule has 5 nitrogen and oxygen atoms in total. The molecule has 0 bridgehead atoms. The molecule has 1 aliphatic carbocycles. The molecule has 1 N–H and O–H groups in total. The monoisotopic (exact) mass is 356 g/mol. The molecular formula is C18H32O5Si. The van der Waals surface area contributed by atoms with E-state index in [0.29, 0.717) is 6.42 Å². The predicted octanol–water partition coefficient (Wildman–Crippen LogP) is 4.14. The maximum Gasteiger partial charge on any atom is 0.324 e. The van der Waals surface area contributed by atoms with E-state index in [0.717, 1.165) is 0 Å². The summed E-state index contributed by atoms with van der Waals surface area (Å²) in [5.74, 6) is -1.77. The second-order valence-corrected chi connectivity index (χ2v) is 12.8. The molecule has 0 aliphatic heterocycles. The predicted molar refractivity (Wildman–Crippen MR) is 96.4 cm³/mol.